The second-order valence-electron chi connectivity index (χ2n) is 3.90. The lowest BCUT2D eigenvalue weighted by Gasteiger charge is -2.27. The Kier molecular flexibility index (Phi) is 4.12. The highest BCUT2D eigenvalue weighted by Crippen LogP contribution is 2.21. The zero-order valence-corrected chi connectivity index (χ0v) is 11.3. The van der Waals surface area contributed by atoms with Gasteiger partial charge >= 0.3 is 0 Å². The fraction of sp³-hybridized carbons (Fsp3) is 0.143. The smallest absolute Gasteiger partial charge is 0.197 e. The van der Waals surface area contributed by atoms with Crippen molar-refractivity contribution in [3.05, 3.63) is 60.7 Å². The molecule has 94 valence electrons. The summed E-state index contributed by atoms with van der Waals surface area (Å²) in [5.41, 5.74) is 1.86. The van der Waals surface area contributed by atoms with Crippen LogP contribution in [0.25, 0.3) is 0 Å². The molecule has 0 spiro atoms. The fourth-order valence-electron chi connectivity index (χ4n) is 1.64. The third kappa shape index (κ3) is 2.78. The summed E-state index contributed by atoms with van der Waals surface area (Å²) in [6, 6.07) is 19.4. The highest BCUT2D eigenvalue weighted by Gasteiger charge is 2.22. The van der Waals surface area contributed by atoms with E-state index in [1.54, 1.807) is 8.61 Å². The van der Waals surface area contributed by atoms with Crippen molar-refractivity contribution in [3.63, 3.8) is 0 Å². The highest BCUT2D eigenvalue weighted by atomic mass is 32.2. The molecule has 4 heteroatoms. The molecule has 0 aliphatic heterocycles. The molecule has 0 saturated heterocycles. The molecular weight excluding hydrogens is 244 g/mol. The zero-order chi connectivity index (χ0) is 13.0. The highest BCUT2D eigenvalue weighted by molar-refractivity contribution is 7.94. The molecule has 0 heterocycles. The number of para-hydroxylation sites is 2. The Labute approximate surface area is 111 Å². The number of hydrogen-bond acceptors (Lipinski definition) is 3. The average Bonchev–Trinajstić information content (AvgIpc) is 2.47. The van der Waals surface area contributed by atoms with Gasteiger partial charge in [-0.1, -0.05) is 36.4 Å². The van der Waals surface area contributed by atoms with E-state index in [1.807, 2.05) is 74.8 Å². The Morgan fingerprint density at radius 2 is 1.06 bits per heavy atom. The summed E-state index contributed by atoms with van der Waals surface area (Å²) >= 11 is -1.24. The van der Waals surface area contributed by atoms with E-state index in [4.69, 9.17) is 0 Å². The van der Waals surface area contributed by atoms with E-state index in [-0.39, 0.29) is 0 Å². The van der Waals surface area contributed by atoms with E-state index in [1.165, 1.54) is 0 Å². The van der Waals surface area contributed by atoms with Crippen LogP contribution in [-0.2, 0) is 11.5 Å². The first kappa shape index (κ1) is 12.8. The summed E-state index contributed by atoms with van der Waals surface area (Å²) in [6.07, 6.45) is 0. The van der Waals surface area contributed by atoms with Gasteiger partial charge in [0.15, 0.2) is 11.5 Å². The van der Waals surface area contributed by atoms with E-state index in [2.05, 4.69) is 0 Å². The molecule has 0 aliphatic carbocycles. The Hall–Kier alpha value is -1.65. The molecule has 0 N–H and O–H groups in total. The maximum Gasteiger partial charge on any atom is 0.197 e. The minimum atomic E-state index is -1.24. The molecular formula is C14H16N2OS. The Morgan fingerprint density at radius 1 is 0.722 bits per heavy atom. The normalized spacial score (nSPS) is 10.4. The predicted octanol–water partition coefficient (Wildman–Crippen LogP) is 2.84. The maximum absolute atomic E-state index is 12.4. The van der Waals surface area contributed by atoms with Gasteiger partial charge in [-0.25, -0.2) is 0 Å². The van der Waals surface area contributed by atoms with Crippen molar-refractivity contribution < 1.29 is 4.55 Å². The number of benzene rings is 2. The minimum Gasteiger partial charge on any atom is -0.568 e. The molecule has 0 fully saturated rings. The second-order valence-corrected chi connectivity index (χ2v) is 5.45. The number of nitrogens with zero attached hydrogens (tertiary/aromatic N) is 2. The van der Waals surface area contributed by atoms with Crippen molar-refractivity contribution >= 4 is 22.9 Å². The predicted molar refractivity (Wildman–Crippen MR) is 77.8 cm³/mol. The van der Waals surface area contributed by atoms with Crippen LogP contribution in [0.1, 0.15) is 0 Å². The molecule has 2 aromatic carbocycles. The lowest BCUT2D eigenvalue weighted by molar-refractivity contribution is 0.591. The van der Waals surface area contributed by atoms with Crippen LogP contribution in [-0.4, -0.2) is 18.6 Å². The van der Waals surface area contributed by atoms with Gasteiger partial charge in [-0.15, -0.1) is 0 Å². The topological polar surface area (TPSA) is 29.5 Å². The molecule has 0 radical (unpaired) electrons. The van der Waals surface area contributed by atoms with Crippen molar-refractivity contribution in [2.24, 2.45) is 0 Å². The molecule has 0 bridgehead atoms. The van der Waals surface area contributed by atoms with Crippen LogP contribution < -0.4 is 8.61 Å². The molecule has 18 heavy (non-hydrogen) atoms. The summed E-state index contributed by atoms with van der Waals surface area (Å²) in [6.45, 7) is 0. The van der Waals surface area contributed by atoms with E-state index in [0.717, 1.165) is 11.4 Å². The lowest BCUT2D eigenvalue weighted by Crippen LogP contribution is -2.39. The van der Waals surface area contributed by atoms with Crippen LogP contribution >= 0.6 is 0 Å². The fourth-order valence-corrected chi connectivity index (χ4v) is 2.61. The molecule has 0 atom stereocenters. The van der Waals surface area contributed by atoms with Crippen molar-refractivity contribution in [3.8, 4) is 0 Å². The Bertz CT molecular complexity index is 432. The van der Waals surface area contributed by atoms with Crippen LogP contribution in [0.3, 0.4) is 0 Å². The molecule has 0 unspecified atom stereocenters. The van der Waals surface area contributed by atoms with Crippen molar-refractivity contribution in [1.29, 1.82) is 0 Å². The lowest BCUT2D eigenvalue weighted by atomic mass is 10.3. The van der Waals surface area contributed by atoms with Crippen molar-refractivity contribution in [1.82, 2.24) is 0 Å². The van der Waals surface area contributed by atoms with E-state index >= 15 is 0 Å². The first-order valence-electron chi connectivity index (χ1n) is 5.69. The molecule has 0 aromatic heterocycles. The maximum atomic E-state index is 12.4. The largest absolute Gasteiger partial charge is 0.568 e. The first-order chi connectivity index (χ1) is 8.70. The summed E-state index contributed by atoms with van der Waals surface area (Å²) in [5.74, 6) is 0. The zero-order valence-electron chi connectivity index (χ0n) is 10.5. The molecule has 2 aromatic rings. The molecule has 2 rings (SSSR count). The average molecular weight is 260 g/mol. The van der Waals surface area contributed by atoms with Crippen molar-refractivity contribution in [2.45, 2.75) is 0 Å². The van der Waals surface area contributed by atoms with Gasteiger partial charge in [-0.05, 0) is 24.3 Å². The molecule has 3 nitrogen and oxygen atoms in total. The van der Waals surface area contributed by atoms with Gasteiger partial charge < -0.3 is 4.55 Å². The molecule has 0 aliphatic rings. The number of hydrogen-bond donors (Lipinski definition) is 0. The summed E-state index contributed by atoms with van der Waals surface area (Å²) < 4.78 is 15.9. The van der Waals surface area contributed by atoms with Crippen molar-refractivity contribution in [2.75, 3.05) is 22.7 Å². The van der Waals surface area contributed by atoms with Gasteiger partial charge in [0.1, 0.15) is 0 Å². The van der Waals surface area contributed by atoms with Crippen LogP contribution in [0.15, 0.2) is 60.7 Å². The van der Waals surface area contributed by atoms with Gasteiger partial charge in [-0.2, -0.15) is 8.61 Å². The molecule has 0 saturated carbocycles. The van der Waals surface area contributed by atoms with Crippen LogP contribution in [0.2, 0.25) is 0 Å². The Morgan fingerprint density at radius 3 is 1.39 bits per heavy atom. The van der Waals surface area contributed by atoms with Gasteiger partial charge in [-0.3, -0.25) is 0 Å². The second kappa shape index (κ2) is 5.80. The summed E-state index contributed by atoms with van der Waals surface area (Å²) in [5, 5.41) is 0. The quantitative estimate of drug-likeness (QED) is 0.792. The van der Waals surface area contributed by atoms with Gasteiger partial charge in [0, 0.05) is 0 Å². The SMILES string of the molecule is CN(c1ccccc1)[S+]([O-])N(C)c1ccccc1. The third-order valence-electron chi connectivity index (χ3n) is 2.71. The molecule has 0 amide bonds. The van der Waals surface area contributed by atoms with Crippen LogP contribution in [0, 0.1) is 0 Å². The number of anilines is 2. The summed E-state index contributed by atoms with van der Waals surface area (Å²) in [7, 11) is 3.65. The van der Waals surface area contributed by atoms with E-state index in [0.29, 0.717) is 0 Å². The van der Waals surface area contributed by atoms with E-state index < -0.39 is 11.5 Å². The van der Waals surface area contributed by atoms with Crippen LogP contribution in [0.4, 0.5) is 11.4 Å². The monoisotopic (exact) mass is 260 g/mol. The number of rotatable bonds is 4. The Balaban J connectivity index is 2.14. The van der Waals surface area contributed by atoms with Gasteiger partial charge in [0.2, 0.25) is 0 Å². The van der Waals surface area contributed by atoms with Gasteiger partial charge in [0.05, 0.1) is 25.5 Å². The van der Waals surface area contributed by atoms with E-state index in [9.17, 15) is 4.55 Å². The van der Waals surface area contributed by atoms with Gasteiger partial charge in [0.25, 0.3) is 0 Å². The minimum absolute atomic E-state index is 0.929. The van der Waals surface area contributed by atoms with Crippen LogP contribution in [0.5, 0.6) is 0 Å². The first-order valence-corrected chi connectivity index (χ1v) is 6.76. The standard InChI is InChI=1S/C14H16N2OS/c1-15(13-9-5-3-6-10-13)18(17)16(2)14-11-7-4-8-12-14/h3-12H,1-2H3. The summed E-state index contributed by atoms with van der Waals surface area (Å²) in [4.78, 5) is 0. The third-order valence-corrected chi connectivity index (χ3v) is 4.07.